The number of aliphatic imine (C=N–C) groups is 1. The van der Waals surface area contributed by atoms with E-state index in [1.165, 1.54) is 11.8 Å². The molecule has 6 heteroatoms. The van der Waals surface area contributed by atoms with E-state index in [9.17, 15) is 4.79 Å². The molecule has 0 radical (unpaired) electrons. The summed E-state index contributed by atoms with van der Waals surface area (Å²) in [6.45, 7) is 6.88. The van der Waals surface area contributed by atoms with Crippen LogP contribution in [-0.2, 0) is 9.53 Å². The maximum absolute atomic E-state index is 12.2. The summed E-state index contributed by atoms with van der Waals surface area (Å²) in [5.74, 6) is 0.596. The fraction of sp³-hybridized carbons (Fsp3) is 0.412. The van der Waals surface area contributed by atoms with Gasteiger partial charge in [0.2, 0.25) is 0 Å². The van der Waals surface area contributed by atoms with Crippen LogP contribution in [0, 0.1) is 0 Å². The van der Waals surface area contributed by atoms with Crippen molar-refractivity contribution in [3.05, 3.63) is 34.7 Å². The van der Waals surface area contributed by atoms with E-state index in [1.54, 1.807) is 0 Å². The molecule has 1 aromatic rings. The number of hydrogen-bond donors (Lipinski definition) is 0. The van der Waals surface area contributed by atoms with Crippen LogP contribution in [0.3, 0.4) is 0 Å². The summed E-state index contributed by atoms with van der Waals surface area (Å²) in [7, 11) is 0. The second kappa shape index (κ2) is 7.19. The van der Waals surface area contributed by atoms with Gasteiger partial charge in [0.05, 0.1) is 24.2 Å². The normalized spacial score (nSPS) is 20.3. The van der Waals surface area contributed by atoms with Crippen molar-refractivity contribution in [3.8, 4) is 5.75 Å². The molecule has 0 N–H and O–H groups in total. The third-order valence-electron chi connectivity index (χ3n) is 3.46. The minimum atomic E-state index is -0.184. The maximum atomic E-state index is 12.2. The first-order chi connectivity index (χ1) is 11.1. The van der Waals surface area contributed by atoms with Crippen LogP contribution < -0.4 is 4.74 Å². The van der Waals surface area contributed by atoms with Crippen LogP contribution in [0.4, 0.5) is 0 Å². The predicted octanol–water partition coefficient (Wildman–Crippen LogP) is 2.78. The second-order valence-corrected chi connectivity index (χ2v) is 6.62. The fourth-order valence-corrected chi connectivity index (χ4v) is 3.35. The van der Waals surface area contributed by atoms with Crippen molar-refractivity contribution in [3.63, 3.8) is 0 Å². The molecule has 0 aliphatic carbocycles. The lowest BCUT2D eigenvalue weighted by Gasteiger charge is -2.27. The number of nitrogens with zero attached hydrogens (tertiary/aromatic N) is 2. The molecule has 0 unspecified atom stereocenters. The summed E-state index contributed by atoms with van der Waals surface area (Å²) in [4.78, 5) is 19.1. The molecule has 1 aromatic carbocycles. The van der Waals surface area contributed by atoms with Crippen molar-refractivity contribution >= 4 is 28.9 Å². The SMILES string of the molecule is CC(C)Oc1ccccc1C=C1SC(N2CCOCC2)=NC1=O. The molecule has 2 aliphatic heterocycles. The molecule has 23 heavy (non-hydrogen) atoms. The number of rotatable bonds is 3. The van der Waals surface area contributed by atoms with E-state index in [0.29, 0.717) is 18.1 Å². The molecule has 5 nitrogen and oxygen atoms in total. The summed E-state index contributed by atoms with van der Waals surface area (Å²) in [5, 5.41) is 0.770. The second-order valence-electron chi connectivity index (χ2n) is 5.61. The lowest BCUT2D eigenvalue weighted by Crippen LogP contribution is -2.38. The van der Waals surface area contributed by atoms with Gasteiger partial charge in [0.25, 0.3) is 5.91 Å². The molecule has 2 heterocycles. The minimum absolute atomic E-state index is 0.0849. The Labute approximate surface area is 140 Å². The van der Waals surface area contributed by atoms with Gasteiger partial charge in [0.1, 0.15) is 5.75 Å². The number of hydrogen-bond acceptors (Lipinski definition) is 5. The number of benzene rings is 1. The van der Waals surface area contributed by atoms with Crippen LogP contribution in [0.5, 0.6) is 5.75 Å². The van der Waals surface area contributed by atoms with Gasteiger partial charge in [0.15, 0.2) is 5.17 Å². The van der Waals surface area contributed by atoms with Crippen molar-refractivity contribution in [2.24, 2.45) is 4.99 Å². The Hall–Kier alpha value is -1.79. The molecule has 1 amide bonds. The van der Waals surface area contributed by atoms with E-state index in [1.807, 2.05) is 44.2 Å². The van der Waals surface area contributed by atoms with Gasteiger partial charge in [-0.2, -0.15) is 4.99 Å². The minimum Gasteiger partial charge on any atom is -0.490 e. The highest BCUT2D eigenvalue weighted by atomic mass is 32.2. The average molecular weight is 332 g/mol. The van der Waals surface area contributed by atoms with Gasteiger partial charge in [-0.05, 0) is 37.8 Å². The van der Waals surface area contributed by atoms with Gasteiger partial charge in [-0.15, -0.1) is 0 Å². The van der Waals surface area contributed by atoms with Gasteiger partial charge in [-0.3, -0.25) is 4.79 Å². The summed E-state index contributed by atoms with van der Waals surface area (Å²) in [6, 6.07) is 7.73. The Bertz CT molecular complexity index is 649. The number of amidine groups is 1. The lowest BCUT2D eigenvalue weighted by atomic mass is 10.2. The van der Waals surface area contributed by atoms with Crippen LogP contribution in [0.1, 0.15) is 19.4 Å². The third kappa shape index (κ3) is 3.95. The summed E-state index contributed by atoms with van der Waals surface area (Å²) < 4.78 is 11.1. The number of para-hydroxylation sites is 1. The third-order valence-corrected chi connectivity index (χ3v) is 4.50. The molecule has 0 bridgehead atoms. The van der Waals surface area contributed by atoms with E-state index in [-0.39, 0.29) is 12.0 Å². The molecule has 0 aromatic heterocycles. The largest absolute Gasteiger partial charge is 0.490 e. The number of thioether (sulfide) groups is 1. The van der Waals surface area contributed by atoms with Gasteiger partial charge in [-0.1, -0.05) is 18.2 Å². The van der Waals surface area contributed by atoms with Crippen LogP contribution in [0.15, 0.2) is 34.2 Å². The molecule has 1 saturated heterocycles. The molecular formula is C17H20N2O3S. The van der Waals surface area contributed by atoms with Gasteiger partial charge >= 0.3 is 0 Å². The lowest BCUT2D eigenvalue weighted by molar-refractivity contribution is -0.113. The first-order valence-electron chi connectivity index (χ1n) is 7.74. The fourth-order valence-electron chi connectivity index (χ4n) is 2.39. The summed E-state index contributed by atoms with van der Waals surface area (Å²) in [5.41, 5.74) is 0.899. The van der Waals surface area contributed by atoms with Crippen LogP contribution in [0.2, 0.25) is 0 Å². The number of amides is 1. The molecular weight excluding hydrogens is 312 g/mol. The van der Waals surface area contributed by atoms with Gasteiger partial charge in [-0.25, -0.2) is 0 Å². The average Bonchev–Trinajstić information content (AvgIpc) is 2.91. The first kappa shape index (κ1) is 16.1. The first-order valence-corrected chi connectivity index (χ1v) is 8.56. The molecule has 0 atom stereocenters. The van der Waals surface area contributed by atoms with E-state index in [2.05, 4.69) is 9.89 Å². The van der Waals surface area contributed by atoms with Crippen molar-refractivity contribution < 1.29 is 14.3 Å². The predicted molar refractivity (Wildman–Crippen MR) is 92.6 cm³/mol. The van der Waals surface area contributed by atoms with Crippen molar-refractivity contribution in [1.82, 2.24) is 4.90 Å². The molecule has 1 fully saturated rings. The number of morpholine rings is 1. The van der Waals surface area contributed by atoms with Gasteiger partial charge < -0.3 is 14.4 Å². The van der Waals surface area contributed by atoms with E-state index < -0.39 is 0 Å². The van der Waals surface area contributed by atoms with Crippen molar-refractivity contribution in [2.75, 3.05) is 26.3 Å². The monoisotopic (exact) mass is 332 g/mol. The molecule has 3 rings (SSSR count). The number of ether oxygens (including phenoxy) is 2. The van der Waals surface area contributed by atoms with Crippen LogP contribution in [-0.4, -0.2) is 48.4 Å². The van der Waals surface area contributed by atoms with E-state index in [4.69, 9.17) is 9.47 Å². The maximum Gasteiger partial charge on any atom is 0.286 e. The summed E-state index contributed by atoms with van der Waals surface area (Å²) in [6.07, 6.45) is 1.95. The standard InChI is InChI=1S/C17H20N2O3S/c1-12(2)22-14-6-4-3-5-13(14)11-15-16(20)18-17(23-15)19-7-9-21-10-8-19/h3-6,11-12H,7-10H2,1-2H3. The van der Waals surface area contributed by atoms with Gasteiger partial charge in [0, 0.05) is 18.7 Å². The molecule has 122 valence electrons. The Morgan fingerprint density at radius 1 is 1.30 bits per heavy atom. The Morgan fingerprint density at radius 2 is 2.04 bits per heavy atom. The smallest absolute Gasteiger partial charge is 0.286 e. The quantitative estimate of drug-likeness (QED) is 0.797. The van der Waals surface area contributed by atoms with Crippen LogP contribution >= 0.6 is 11.8 Å². The highest BCUT2D eigenvalue weighted by Gasteiger charge is 2.27. The zero-order chi connectivity index (χ0) is 16.2. The highest BCUT2D eigenvalue weighted by molar-refractivity contribution is 8.18. The summed E-state index contributed by atoms with van der Waals surface area (Å²) >= 11 is 1.42. The van der Waals surface area contributed by atoms with Crippen molar-refractivity contribution in [2.45, 2.75) is 20.0 Å². The molecule has 0 saturated carbocycles. The van der Waals surface area contributed by atoms with Crippen LogP contribution in [0.25, 0.3) is 6.08 Å². The Morgan fingerprint density at radius 3 is 2.78 bits per heavy atom. The van der Waals surface area contributed by atoms with E-state index >= 15 is 0 Å². The Balaban J connectivity index is 1.78. The topological polar surface area (TPSA) is 51.1 Å². The molecule has 0 spiro atoms. The zero-order valence-corrected chi connectivity index (χ0v) is 14.1. The Kier molecular flexibility index (Phi) is 5.03. The zero-order valence-electron chi connectivity index (χ0n) is 13.3. The molecule has 2 aliphatic rings. The van der Waals surface area contributed by atoms with Crippen molar-refractivity contribution in [1.29, 1.82) is 0 Å². The highest BCUT2D eigenvalue weighted by Crippen LogP contribution is 2.32. The van der Waals surface area contributed by atoms with E-state index in [0.717, 1.165) is 29.6 Å². The number of carbonyl (C=O) groups excluding carboxylic acids is 1. The number of carbonyl (C=O) groups is 1.